The number of rotatable bonds is 4. The third kappa shape index (κ3) is 3.82. The number of hydrogen-bond acceptors (Lipinski definition) is 4. The first-order valence-corrected chi connectivity index (χ1v) is 9.52. The molecule has 3 aromatic rings. The molecule has 1 amide bonds. The zero-order valence-corrected chi connectivity index (χ0v) is 16.3. The molecular weight excluding hydrogens is 376 g/mol. The maximum Gasteiger partial charge on any atom is 0.274 e. The van der Waals surface area contributed by atoms with Crippen LogP contribution in [0.3, 0.4) is 0 Å². The minimum atomic E-state index is -0.0435. The molecule has 0 saturated carbocycles. The van der Waals surface area contributed by atoms with Crippen molar-refractivity contribution in [2.75, 3.05) is 38.2 Å². The lowest BCUT2D eigenvalue weighted by atomic mass is 10.2. The van der Waals surface area contributed by atoms with E-state index in [9.17, 15) is 4.79 Å². The molecule has 1 aliphatic heterocycles. The second-order valence-electron chi connectivity index (χ2n) is 6.60. The highest BCUT2D eigenvalue weighted by Crippen LogP contribution is 2.21. The molecule has 0 bridgehead atoms. The van der Waals surface area contributed by atoms with Crippen LogP contribution in [-0.2, 0) is 0 Å². The average molecular weight is 397 g/mol. The van der Waals surface area contributed by atoms with Crippen LogP contribution in [0.15, 0.2) is 60.8 Å². The van der Waals surface area contributed by atoms with Gasteiger partial charge in [-0.3, -0.25) is 4.79 Å². The van der Waals surface area contributed by atoms with Crippen molar-refractivity contribution in [2.45, 2.75) is 0 Å². The molecule has 1 saturated heterocycles. The summed E-state index contributed by atoms with van der Waals surface area (Å²) in [6.07, 6.45) is 1.80. The van der Waals surface area contributed by atoms with Crippen molar-refractivity contribution in [1.82, 2.24) is 14.7 Å². The third-order valence-corrected chi connectivity index (χ3v) is 5.12. The highest BCUT2D eigenvalue weighted by molar-refractivity contribution is 6.30. The molecule has 0 radical (unpaired) electrons. The molecule has 4 rings (SSSR count). The molecule has 0 aliphatic carbocycles. The Morgan fingerprint density at radius 1 is 1.00 bits per heavy atom. The van der Waals surface area contributed by atoms with E-state index in [0.29, 0.717) is 18.8 Å². The number of anilines is 1. The van der Waals surface area contributed by atoms with Gasteiger partial charge in [0.15, 0.2) is 5.69 Å². The first-order valence-electron chi connectivity index (χ1n) is 9.14. The summed E-state index contributed by atoms with van der Waals surface area (Å²) < 4.78 is 6.88. The van der Waals surface area contributed by atoms with Gasteiger partial charge in [0.2, 0.25) is 0 Å². The number of nitrogens with zero attached hydrogens (tertiary/aromatic N) is 4. The summed E-state index contributed by atoms with van der Waals surface area (Å²) in [4.78, 5) is 16.9. The van der Waals surface area contributed by atoms with Gasteiger partial charge >= 0.3 is 0 Å². The van der Waals surface area contributed by atoms with E-state index in [-0.39, 0.29) is 5.91 Å². The van der Waals surface area contributed by atoms with Crippen LogP contribution in [0.25, 0.3) is 5.69 Å². The number of carbonyl (C=O) groups is 1. The van der Waals surface area contributed by atoms with E-state index in [1.165, 1.54) is 0 Å². The molecule has 6 nitrogen and oxygen atoms in total. The summed E-state index contributed by atoms with van der Waals surface area (Å²) in [5.74, 6) is 0.739. The van der Waals surface area contributed by atoms with Crippen molar-refractivity contribution in [3.8, 4) is 11.4 Å². The van der Waals surface area contributed by atoms with Gasteiger partial charge in [-0.15, -0.1) is 0 Å². The lowest BCUT2D eigenvalue weighted by Gasteiger charge is -2.35. The van der Waals surface area contributed by atoms with Crippen molar-refractivity contribution in [3.05, 3.63) is 71.5 Å². The molecule has 144 valence electrons. The second-order valence-corrected chi connectivity index (χ2v) is 7.04. The molecule has 7 heteroatoms. The van der Waals surface area contributed by atoms with Crippen LogP contribution in [0.2, 0.25) is 5.02 Å². The van der Waals surface area contributed by atoms with Crippen LogP contribution < -0.4 is 9.64 Å². The predicted molar refractivity (Wildman–Crippen MR) is 110 cm³/mol. The van der Waals surface area contributed by atoms with Crippen LogP contribution in [-0.4, -0.2) is 53.9 Å². The first kappa shape index (κ1) is 18.4. The number of ether oxygens (including phenoxy) is 1. The molecule has 0 atom stereocenters. The number of hydrogen-bond donors (Lipinski definition) is 0. The molecule has 2 aromatic carbocycles. The van der Waals surface area contributed by atoms with E-state index < -0.39 is 0 Å². The Labute approximate surface area is 168 Å². The van der Waals surface area contributed by atoms with E-state index in [0.717, 1.165) is 35.2 Å². The monoisotopic (exact) mass is 396 g/mol. The number of carbonyl (C=O) groups excluding carboxylic acids is 1. The van der Waals surface area contributed by atoms with Crippen molar-refractivity contribution in [2.24, 2.45) is 0 Å². The minimum Gasteiger partial charge on any atom is -0.497 e. The number of methoxy groups -OCH3 is 1. The molecule has 1 aromatic heterocycles. The molecule has 0 spiro atoms. The van der Waals surface area contributed by atoms with Crippen molar-refractivity contribution in [1.29, 1.82) is 0 Å². The van der Waals surface area contributed by atoms with E-state index >= 15 is 0 Å². The van der Waals surface area contributed by atoms with Gasteiger partial charge in [0.05, 0.1) is 12.8 Å². The lowest BCUT2D eigenvalue weighted by Crippen LogP contribution is -2.48. The Morgan fingerprint density at radius 3 is 2.43 bits per heavy atom. The van der Waals surface area contributed by atoms with Gasteiger partial charge in [0.1, 0.15) is 5.75 Å². The predicted octanol–water partition coefficient (Wildman–Crippen LogP) is 3.50. The SMILES string of the molecule is COc1ccc(-n2ccc(C(=O)N3CCN(c4cccc(Cl)c4)CC3)n2)cc1. The van der Waals surface area contributed by atoms with Crippen LogP contribution in [0, 0.1) is 0 Å². The highest BCUT2D eigenvalue weighted by Gasteiger charge is 2.24. The summed E-state index contributed by atoms with van der Waals surface area (Å²) in [6.45, 7) is 2.85. The number of amides is 1. The van der Waals surface area contributed by atoms with Gasteiger partial charge < -0.3 is 14.5 Å². The van der Waals surface area contributed by atoms with Crippen molar-refractivity contribution >= 4 is 23.2 Å². The Morgan fingerprint density at radius 2 is 1.75 bits per heavy atom. The van der Waals surface area contributed by atoms with Crippen LogP contribution in [0.5, 0.6) is 5.75 Å². The van der Waals surface area contributed by atoms with Crippen LogP contribution >= 0.6 is 11.6 Å². The van der Waals surface area contributed by atoms with E-state index in [2.05, 4.69) is 10.00 Å². The Hall–Kier alpha value is -2.99. The Balaban J connectivity index is 1.41. The third-order valence-electron chi connectivity index (χ3n) is 4.89. The van der Waals surface area contributed by atoms with Crippen molar-refractivity contribution in [3.63, 3.8) is 0 Å². The van der Waals surface area contributed by atoms with Gasteiger partial charge in [-0.25, -0.2) is 4.68 Å². The maximum atomic E-state index is 12.8. The zero-order valence-electron chi connectivity index (χ0n) is 15.6. The summed E-state index contributed by atoms with van der Waals surface area (Å²) >= 11 is 6.08. The largest absolute Gasteiger partial charge is 0.497 e. The molecular formula is C21H21ClN4O2. The Bertz CT molecular complexity index is 963. The molecule has 1 aliphatic rings. The lowest BCUT2D eigenvalue weighted by molar-refractivity contribution is 0.0740. The summed E-state index contributed by atoms with van der Waals surface area (Å²) in [5.41, 5.74) is 2.42. The highest BCUT2D eigenvalue weighted by atomic mass is 35.5. The fourth-order valence-corrected chi connectivity index (χ4v) is 3.50. The summed E-state index contributed by atoms with van der Waals surface area (Å²) in [6, 6.07) is 17.1. The van der Waals surface area contributed by atoms with E-state index in [4.69, 9.17) is 16.3 Å². The van der Waals surface area contributed by atoms with Gasteiger partial charge in [0.25, 0.3) is 5.91 Å². The van der Waals surface area contributed by atoms with E-state index in [1.54, 1.807) is 24.1 Å². The summed E-state index contributed by atoms with van der Waals surface area (Å²) in [5, 5.41) is 5.18. The van der Waals surface area contributed by atoms with Crippen LogP contribution in [0.1, 0.15) is 10.5 Å². The van der Waals surface area contributed by atoms with Gasteiger partial charge in [-0.2, -0.15) is 5.10 Å². The summed E-state index contributed by atoms with van der Waals surface area (Å²) in [7, 11) is 1.63. The fraction of sp³-hybridized carbons (Fsp3) is 0.238. The van der Waals surface area contributed by atoms with Crippen LogP contribution in [0.4, 0.5) is 5.69 Å². The fourth-order valence-electron chi connectivity index (χ4n) is 3.32. The second kappa shape index (κ2) is 7.94. The average Bonchev–Trinajstić information content (AvgIpc) is 3.24. The molecule has 28 heavy (non-hydrogen) atoms. The molecule has 1 fully saturated rings. The van der Waals surface area contributed by atoms with Gasteiger partial charge in [-0.05, 0) is 48.5 Å². The molecule has 0 unspecified atom stereocenters. The van der Waals surface area contributed by atoms with Gasteiger partial charge in [0, 0.05) is 43.1 Å². The standard InChI is InChI=1S/C21H21ClN4O2/c1-28-19-7-5-17(6-8-19)26-10-9-20(23-26)21(27)25-13-11-24(12-14-25)18-4-2-3-16(22)15-18/h2-10,15H,11-14H2,1H3. The minimum absolute atomic E-state index is 0.0435. The maximum absolute atomic E-state index is 12.8. The number of aromatic nitrogens is 2. The Kier molecular flexibility index (Phi) is 5.21. The normalized spacial score (nSPS) is 14.2. The van der Waals surface area contributed by atoms with Gasteiger partial charge in [-0.1, -0.05) is 17.7 Å². The molecule has 0 N–H and O–H groups in total. The smallest absolute Gasteiger partial charge is 0.274 e. The molecule has 2 heterocycles. The number of piperazine rings is 1. The topological polar surface area (TPSA) is 50.6 Å². The zero-order chi connectivity index (χ0) is 19.5. The number of benzene rings is 2. The van der Waals surface area contributed by atoms with Crippen molar-refractivity contribution < 1.29 is 9.53 Å². The van der Waals surface area contributed by atoms with E-state index in [1.807, 2.05) is 53.4 Å². The quantitative estimate of drug-likeness (QED) is 0.677. The number of halogens is 1. The first-order chi connectivity index (χ1) is 13.6.